The van der Waals surface area contributed by atoms with Gasteiger partial charge >= 0.3 is 0 Å². The van der Waals surface area contributed by atoms with E-state index in [1.807, 2.05) is 13.0 Å². The number of aryl methyl sites for hydroxylation is 2. The van der Waals surface area contributed by atoms with E-state index in [0.29, 0.717) is 17.9 Å². The van der Waals surface area contributed by atoms with Crippen molar-refractivity contribution in [1.29, 1.82) is 0 Å². The minimum atomic E-state index is -1.05. The lowest BCUT2D eigenvalue weighted by atomic mass is 10.1. The number of benzene rings is 1. The molecule has 25 heavy (non-hydrogen) atoms. The van der Waals surface area contributed by atoms with Crippen LogP contribution in [-0.4, -0.2) is 27.2 Å². The van der Waals surface area contributed by atoms with Gasteiger partial charge in [-0.05, 0) is 54.0 Å². The number of hydrogen-bond acceptors (Lipinski definition) is 5. The molecule has 0 radical (unpaired) electrons. The Morgan fingerprint density at radius 2 is 2.04 bits per heavy atom. The average molecular weight is 372 g/mol. The number of rotatable bonds is 2. The lowest BCUT2D eigenvalue weighted by Crippen LogP contribution is -2.22. The summed E-state index contributed by atoms with van der Waals surface area (Å²) in [4.78, 5) is 13.6. The van der Waals surface area contributed by atoms with E-state index in [2.05, 4.69) is 5.10 Å². The summed E-state index contributed by atoms with van der Waals surface area (Å²) >= 11 is 0.493. The number of ether oxygens (including phenoxy) is 1. The summed E-state index contributed by atoms with van der Waals surface area (Å²) in [6.07, 6.45) is 0.591. The molecule has 0 saturated heterocycles. The van der Waals surface area contributed by atoms with Crippen LogP contribution in [0.4, 0.5) is 0 Å². The van der Waals surface area contributed by atoms with E-state index >= 15 is 0 Å². The Bertz CT molecular complexity index is 993. The highest BCUT2D eigenvalue weighted by Crippen LogP contribution is 2.38. The summed E-state index contributed by atoms with van der Waals surface area (Å²) in [5, 5.41) is 4.62. The summed E-state index contributed by atoms with van der Waals surface area (Å²) in [5.41, 5.74) is 2.98. The molecule has 128 valence electrons. The van der Waals surface area contributed by atoms with Crippen LogP contribution < -0.4 is 10.3 Å². The zero-order valence-electron chi connectivity index (χ0n) is 13.8. The van der Waals surface area contributed by atoms with Crippen molar-refractivity contribution in [3.8, 4) is 22.7 Å². The summed E-state index contributed by atoms with van der Waals surface area (Å²) in [6.45, 7) is 2.00. The molecule has 0 amide bonds. The molecule has 0 N–H and O–H groups in total. The highest BCUT2D eigenvalue weighted by atomic mass is 32.2. The fraction of sp³-hybridized carbons (Fsp3) is 0.222. The number of methoxy groups -OCH3 is 1. The van der Waals surface area contributed by atoms with E-state index in [0.717, 1.165) is 31.7 Å². The maximum atomic E-state index is 12.6. The Labute approximate surface area is 152 Å². The van der Waals surface area contributed by atoms with Gasteiger partial charge in [0, 0.05) is 17.4 Å². The van der Waals surface area contributed by atoms with Gasteiger partial charge in [-0.3, -0.25) is 4.79 Å². The van der Waals surface area contributed by atoms with Crippen LogP contribution in [0, 0.1) is 6.92 Å². The molecule has 1 aliphatic rings. The molecule has 0 fully saturated rings. The predicted octanol–water partition coefficient (Wildman–Crippen LogP) is 2.94. The molecule has 3 heterocycles. The number of thiophene rings is 1. The van der Waals surface area contributed by atoms with Gasteiger partial charge in [0.2, 0.25) is 4.21 Å². The zero-order chi connectivity index (χ0) is 17.6. The van der Waals surface area contributed by atoms with Crippen molar-refractivity contribution in [2.45, 2.75) is 17.6 Å². The SMILES string of the molecule is COc1ccc(-n2nc3c(cc2=O)CC[S+]([O-])c2sc(C)cc2-3)cc1. The smallest absolute Gasteiger partial charge is 0.271 e. The first kappa shape index (κ1) is 16.4. The molecule has 3 aromatic rings. The van der Waals surface area contributed by atoms with Crippen LogP contribution in [0.3, 0.4) is 0 Å². The van der Waals surface area contributed by atoms with Crippen LogP contribution >= 0.6 is 11.3 Å². The molecule has 0 spiro atoms. The third kappa shape index (κ3) is 2.88. The molecular formula is C18H16N2O3S2. The van der Waals surface area contributed by atoms with Gasteiger partial charge in [-0.25, -0.2) is 0 Å². The Morgan fingerprint density at radius 1 is 1.28 bits per heavy atom. The van der Waals surface area contributed by atoms with Crippen molar-refractivity contribution in [2.24, 2.45) is 0 Å². The molecular weight excluding hydrogens is 356 g/mol. The second-order valence-electron chi connectivity index (χ2n) is 5.82. The van der Waals surface area contributed by atoms with Gasteiger partial charge in [0.25, 0.3) is 5.56 Å². The van der Waals surface area contributed by atoms with Crippen LogP contribution in [-0.2, 0) is 17.6 Å². The highest BCUT2D eigenvalue weighted by Gasteiger charge is 2.28. The van der Waals surface area contributed by atoms with Crippen molar-refractivity contribution in [3.63, 3.8) is 0 Å². The Kier molecular flexibility index (Phi) is 4.15. The lowest BCUT2D eigenvalue weighted by molar-refractivity contribution is 0.414. The Balaban J connectivity index is 1.91. The van der Waals surface area contributed by atoms with E-state index < -0.39 is 11.2 Å². The molecule has 0 aliphatic carbocycles. The van der Waals surface area contributed by atoms with Gasteiger partial charge in [-0.15, -0.1) is 0 Å². The zero-order valence-corrected chi connectivity index (χ0v) is 15.4. The monoisotopic (exact) mass is 372 g/mol. The first-order chi connectivity index (χ1) is 12.1. The molecule has 1 aromatic carbocycles. The van der Waals surface area contributed by atoms with Crippen molar-refractivity contribution in [1.82, 2.24) is 9.78 Å². The summed E-state index contributed by atoms with van der Waals surface area (Å²) in [5.74, 6) is 1.24. The maximum Gasteiger partial charge on any atom is 0.271 e. The van der Waals surface area contributed by atoms with Gasteiger partial charge in [0.15, 0.2) is 0 Å². The van der Waals surface area contributed by atoms with Crippen LogP contribution in [0.25, 0.3) is 16.9 Å². The first-order valence-corrected chi connectivity index (χ1v) is 9.97. The topological polar surface area (TPSA) is 67.2 Å². The standard InChI is InChI=1S/C18H16N2O3S2/c1-11-9-15-17-12(7-8-25(22)18(15)24-11)10-16(21)20(19-17)13-3-5-14(23-2)6-4-13/h3-6,9-10H,7-8H2,1-2H3. The van der Waals surface area contributed by atoms with E-state index in [1.165, 1.54) is 4.68 Å². The number of aromatic nitrogens is 2. The summed E-state index contributed by atoms with van der Waals surface area (Å²) in [6, 6.07) is 10.8. The van der Waals surface area contributed by atoms with Gasteiger partial charge < -0.3 is 9.29 Å². The molecule has 7 heteroatoms. The van der Waals surface area contributed by atoms with Gasteiger partial charge in [0.1, 0.15) is 17.2 Å². The van der Waals surface area contributed by atoms with Crippen LogP contribution in [0.5, 0.6) is 5.75 Å². The fourth-order valence-electron chi connectivity index (χ4n) is 2.94. The van der Waals surface area contributed by atoms with E-state index in [4.69, 9.17) is 4.74 Å². The van der Waals surface area contributed by atoms with Gasteiger partial charge in [-0.1, -0.05) is 11.3 Å². The minimum Gasteiger partial charge on any atom is -0.611 e. The Hall–Kier alpha value is -2.09. The highest BCUT2D eigenvalue weighted by molar-refractivity contribution is 7.93. The summed E-state index contributed by atoms with van der Waals surface area (Å²) in [7, 11) is 1.60. The molecule has 1 unspecified atom stereocenters. The van der Waals surface area contributed by atoms with Crippen molar-refractivity contribution < 1.29 is 9.29 Å². The fourth-order valence-corrected chi connectivity index (χ4v) is 5.68. The number of fused-ring (bicyclic) bond motifs is 3. The lowest BCUT2D eigenvalue weighted by Gasteiger charge is -2.09. The second kappa shape index (κ2) is 6.33. The first-order valence-electron chi connectivity index (χ1n) is 7.83. The minimum absolute atomic E-state index is 0.190. The van der Waals surface area contributed by atoms with E-state index in [-0.39, 0.29) is 5.56 Å². The summed E-state index contributed by atoms with van der Waals surface area (Å²) < 4.78 is 19.9. The predicted molar refractivity (Wildman–Crippen MR) is 99.4 cm³/mol. The molecule has 1 atom stereocenters. The van der Waals surface area contributed by atoms with Gasteiger partial charge in [-0.2, -0.15) is 9.78 Å². The molecule has 0 bridgehead atoms. The van der Waals surface area contributed by atoms with Gasteiger partial charge in [0.05, 0.1) is 18.4 Å². The Morgan fingerprint density at radius 3 is 2.76 bits per heavy atom. The molecule has 5 nitrogen and oxygen atoms in total. The number of hydrogen-bond donors (Lipinski definition) is 0. The third-order valence-corrected chi connectivity index (χ3v) is 7.03. The number of nitrogens with zero attached hydrogens (tertiary/aromatic N) is 2. The third-order valence-electron chi connectivity index (χ3n) is 4.17. The van der Waals surface area contributed by atoms with Crippen LogP contribution in [0.1, 0.15) is 10.4 Å². The largest absolute Gasteiger partial charge is 0.611 e. The van der Waals surface area contributed by atoms with Crippen LogP contribution in [0.15, 0.2) is 45.4 Å². The molecule has 1 aliphatic heterocycles. The van der Waals surface area contributed by atoms with E-state index in [1.54, 1.807) is 48.8 Å². The van der Waals surface area contributed by atoms with Crippen molar-refractivity contribution in [2.75, 3.05) is 12.9 Å². The van der Waals surface area contributed by atoms with Crippen molar-refractivity contribution >= 4 is 22.5 Å². The molecule has 2 aromatic heterocycles. The maximum absolute atomic E-state index is 12.6. The average Bonchev–Trinajstić information content (AvgIpc) is 2.96. The molecule has 4 rings (SSSR count). The van der Waals surface area contributed by atoms with Crippen molar-refractivity contribution in [3.05, 3.63) is 57.2 Å². The van der Waals surface area contributed by atoms with E-state index in [9.17, 15) is 9.35 Å². The quantitative estimate of drug-likeness (QED) is 0.649. The second-order valence-corrected chi connectivity index (χ2v) is 8.85. The van der Waals surface area contributed by atoms with Crippen LogP contribution in [0.2, 0.25) is 0 Å². The molecule has 0 saturated carbocycles. The normalized spacial score (nSPS) is 16.0.